The Hall–Kier alpha value is -3.31. The summed E-state index contributed by atoms with van der Waals surface area (Å²) in [5.41, 5.74) is 1.16. The van der Waals surface area contributed by atoms with Crippen LogP contribution in [0.5, 0.6) is 11.5 Å². The largest absolute Gasteiger partial charge is 0.505 e. The monoisotopic (exact) mass is 469 g/mol. The number of aromatic hydroxyl groups is 1. The van der Waals surface area contributed by atoms with Crippen molar-refractivity contribution in [3.63, 3.8) is 0 Å². The van der Waals surface area contributed by atoms with Crippen LogP contribution in [-0.2, 0) is 6.54 Å². The highest BCUT2D eigenvalue weighted by Gasteiger charge is 2.32. The van der Waals surface area contributed by atoms with Gasteiger partial charge in [-0.25, -0.2) is 0 Å². The second-order valence-electron chi connectivity index (χ2n) is 7.15. The van der Waals surface area contributed by atoms with Crippen LogP contribution in [-0.4, -0.2) is 31.7 Å². The highest BCUT2D eigenvalue weighted by molar-refractivity contribution is 8.23. The number of methoxy groups -OCH3 is 1. The van der Waals surface area contributed by atoms with E-state index in [0.29, 0.717) is 21.7 Å². The maximum Gasteiger partial charge on any atom is 0.266 e. The number of pyridine rings is 1. The third kappa shape index (κ3) is 3.24. The summed E-state index contributed by atoms with van der Waals surface area (Å²) in [6, 6.07) is 16.1. The highest BCUT2D eigenvalue weighted by Crippen LogP contribution is 2.57. The van der Waals surface area contributed by atoms with E-state index < -0.39 is 16.3 Å². The number of hydrogen-bond acceptors (Lipinski definition) is 8. The zero-order chi connectivity index (χ0) is 22.5. The van der Waals surface area contributed by atoms with Crippen LogP contribution >= 0.6 is 22.1 Å². The zero-order valence-corrected chi connectivity index (χ0v) is 18.5. The van der Waals surface area contributed by atoms with Gasteiger partial charge in [-0.05, 0) is 29.1 Å². The van der Waals surface area contributed by atoms with Gasteiger partial charge < -0.3 is 19.7 Å². The molecule has 32 heavy (non-hydrogen) atoms. The number of amidine groups is 1. The van der Waals surface area contributed by atoms with Gasteiger partial charge in [-0.2, -0.15) is 0 Å². The van der Waals surface area contributed by atoms with Crippen molar-refractivity contribution >= 4 is 43.9 Å². The molecule has 5 rings (SSSR count). The minimum absolute atomic E-state index is 0.124. The molecule has 4 N–H and O–H groups in total. The van der Waals surface area contributed by atoms with Gasteiger partial charge in [0.25, 0.3) is 5.56 Å². The van der Waals surface area contributed by atoms with Crippen molar-refractivity contribution in [2.24, 2.45) is 4.40 Å². The number of anilines is 1. The summed E-state index contributed by atoms with van der Waals surface area (Å²) in [7, 11) is -2.17. The summed E-state index contributed by atoms with van der Waals surface area (Å²) in [4.78, 5) is 13.7. The predicted octanol–water partition coefficient (Wildman–Crippen LogP) is 4.72. The van der Waals surface area contributed by atoms with Crippen molar-refractivity contribution in [3.05, 3.63) is 81.5 Å². The van der Waals surface area contributed by atoms with Crippen LogP contribution in [0.1, 0.15) is 11.1 Å². The number of nitrogens with one attached hydrogen (secondary N) is 1. The van der Waals surface area contributed by atoms with Crippen LogP contribution in [0, 0.1) is 0 Å². The Morgan fingerprint density at radius 2 is 1.91 bits per heavy atom. The first kappa shape index (κ1) is 20.6. The Morgan fingerprint density at radius 3 is 2.66 bits per heavy atom. The number of benzene rings is 2. The quantitative estimate of drug-likeness (QED) is 0.344. The summed E-state index contributed by atoms with van der Waals surface area (Å²) in [6.45, 7) is 0.281. The lowest BCUT2D eigenvalue weighted by Crippen LogP contribution is -2.32. The number of hydrogen-bond donors (Lipinski definition) is 4. The van der Waals surface area contributed by atoms with Crippen molar-refractivity contribution in [2.75, 3.05) is 12.4 Å². The summed E-state index contributed by atoms with van der Waals surface area (Å²) < 4.78 is 32.8. The molecule has 2 aromatic heterocycles. The van der Waals surface area contributed by atoms with E-state index in [1.54, 1.807) is 28.1 Å². The Kier molecular flexibility index (Phi) is 4.94. The predicted molar refractivity (Wildman–Crippen MR) is 128 cm³/mol. The Morgan fingerprint density at radius 1 is 1.12 bits per heavy atom. The van der Waals surface area contributed by atoms with Gasteiger partial charge in [0.05, 0.1) is 23.9 Å². The van der Waals surface area contributed by atoms with Crippen molar-refractivity contribution in [1.82, 2.24) is 4.57 Å². The molecule has 0 atom stereocenters. The number of aromatic nitrogens is 1. The van der Waals surface area contributed by atoms with Crippen LogP contribution in [0.25, 0.3) is 10.2 Å². The molecule has 2 aromatic carbocycles. The maximum absolute atomic E-state index is 13.6. The van der Waals surface area contributed by atoms with E-state index in [-0.39, 0.29) is 28.6 Å². The van der Waals surface area contributed by atoms with E-state index >= 15 is 0 Å². The molecule has 0 amide bonds. The normalized spacial score (nSPS) is 15.5. The van der Waals surface area contributed by atoms with Gasteiger partial charge in [-0.3, -0.25) is 13.9 Å². The van der Waals surface area contributed by atoms with Gasteiger partial charge in [0.2, 0.25) is 0 Å². The molecule has 0 bridgehead atoms. The Labute approximate surface area is 188 Å². The van der Waals surface area contributed by atoms with Crippen LogP contribution in [0.3, 0.4) is 0 Å². The number of thiophene rings is 1. The van der Waals surface area contributed by atoms with E-state index in [2.05, 4.69) is 9.71 Å². The van der Waals surface area contributed by atoms with Gasteiger partial charge in [-0.15, -0.1) is 15.7 Å². The highest BCUT2D eigenvalue weighted by atomic mass is 32.3. The molecule has 10 heteroatoms. The topological polar surface area (TPSA) is 116 Å². The van der Waals surface area contributed by atoms with Crippen LogP contribution in [0.2, 0.25) is 0 Å². The summed E-state index contributed by atoms with van der Waals surface area (Å²) in [5, 5.41) is 15.8. The lowest BCUT2D eigenvalue weighted by molar-refractivity contribution is 0.415. The van der Waals surface area contributed by atoms with Gasteiger partial charge in [0.15, 0.2) is 11.6 Å². The van der Waals surface area contributed by atoms with E-state index in [9.17, 15) is 19.0 Å². The van der Waals surface area contributed by atoms with E-state index in [1.165, 1.54) is 24.5 Å². The standard InChI is InChI=1S/C22H19N3O5S2/c1-30-15-8-5-9-16-18(15)23-21(24-32(16,28)29)17-19(26)20-14(10-11-31-20)25(22(17)27)12-13-6-3-2-4-7-13/h2-11,26,28-29H,12H2,1H3,(H,23,24). The smallest absolute Gasteiger partial charge is 0.266 e. The molecule has 0 aliphatic carbocycles. The van der Waals surface area contributed by atoms with E-state index in [4.69, 9.17) is 4.74 Å². The van der Waals surface area contributed by atoms with Gasteiger partial charge >= 0.3 is 0 Å². The molecule has 0 saturated heterocycles. The third-order valence-electron chi connectivity index (χ3n) is 5.23. The first-order valence-corrected chi connectivity index (χ1v) is 12.0. The maximum atomic E-state index is 13.6. The van der Waals surface area contributed by atoms with Gasteiger partial charge in [0, 0.05) is 0 Å². The van der Waals surface area contributed by atoms with Crippen LogP contribution in [0.15, 0.2) is 74.1 Å². The Bertz CT molecular complexity index is 1430. The number of nitrogens with zero attached hydrogens (tertiary/aromatic N) is 2. The lowest BCUT2D eigenvalue weighted by atomic mass is 10.1. The first-order chi connectivity index (χ1) is 15.4. The summed E-state index contributed by atoms with van der Waals surface area (Å²) >= 11 is 1.28. The number of rotatable bonds is 4. The molecule has 1 aliphatic heterocycles. The van der Waals surface area contributed by atoms with Gasteiger partial charge in [-0.1, -0.05) is 47.2 Å². The molecule has 0 radical (unpaired) electrons. The average molecular weight is 470 g/mol. The molecule has 8 nitrogen and oxygen atoms in total. The lowest BCUT2D eigenvalue weighted by Gasteiger charge is -2.34. The molecule has 3 heterocycles. The fourth-order valence-electron chi connectivity index (χ4n) is 3.75. The number of para-hydroxylation sites is 1. The minimum Gasteiger partial charge on any atom is -0.505 e. The molecule has 0 fully saturated rings. The van der Waals surface area contributed by atoms with E-state index in [0.717, 1.165) is 5.56 Å². The second-order valence-corrected chi connectivity index (χ2v) is 9.73. The first-order valence-electron chi connectivity index (χ1n) is 9.60. The zero-order valence-electron chi connectivity index (χ0n) is 16.8. The molecule has 0 spiro atoms. The molecular weight excluding hydrogens is 450 g/mol. The van der Waals surface area contributed by atoms with E-state index in [1.807, 2.05) is 30.3 Å². The fraction of sp³-hybridized carbons (Fsp3) is 0.0909. The molecule has 0 saturated carbocycles. The van der Waals surface area contributed by atoms with Crippen molar-refractivity contribution in [1.29, 1.82) is 0 Å². The molecule has 4 aromatic rings. The van der Waals surface area contributed by atoms with Gasteiger partial charge in [0.1, 0.15) is 21.9 Å². The molecule has 0 unspecified atom stereocenters. The number of ether oxygens (including phenoxy) is 1. The summed E-state index contributed by atoms with van der Waals surface area (Å²) in [5.74, 6) is -0.0260. The SMILES string of the molecule is COc1cccc2c1NC(c1c(O)c3sccc3n(Cc3ccccc3)c1=O)=NS2(O)O. The Balaban J connectivity index is 1.73. The fourth-order valence-corrected chi connectivity index (χ4v) is 5.77. The second kappa shape index (κ2) is 7.68. The molecule has 164 valence electrons. The molecular formula is C22H19N3O5S2. The molecule has 1 aliphatic rings. The van der Waals surface area contributed by atoms with Crippen LogP contribution in [0.4, 0.5) is 5.69 Å². The summed E-state index contributed by atoms with van der Waals surface area (Å²) in [6.07, 6.45) is 0. The average Bonchev–Trinajstić information content (AvgIpc) is 3.27. The minimum atomic E-state index is -3.63. The van der Waals surface area contributed by atoms with Crippen molar-refractivity contribution in [2.45, 2.75) is 11.4 Å². The number of fused-ring (bicyclic) bond motifs is 2. The third-order valence-corrected chi connectivity index (χ3v) is 7.51. The van der Waals surface area contributed by atoms with Crippen molar-refractivity contribution < 1.29 is 18.9 Å². The van der Waals surface area contributed by atoms with Crippen LogP contribution < -0.4 is 15.6 Å². The van der Waals surface area contributed by atoms with Crippen molar-refractivity contribution in [3.8, 4) is 11.5 Å².